The summed E-state index contributed by atoms with van der Waals surface area (Å²) in [6.45, 7) is 2.46. The van der Waals surface area contributed by atoms with E-state index in [4.69, 9.17) is 9.47 Å². The number of benzene rings is 2. The van der Waals surface area contributed by atoms with Crippen molar-refractivity contribution in [2.45, 2.75) is 19.6 Å². The molecule has 0 heterocycles. The summed E-state index contributed by atoms with van der Waals surface area (Å²) in [5, 5.41) is 3.49. The number of hydrogen-bond donors (Lipinski definition) is 1. The molecule has 2 rings (SSSR count). The molecule has 0 aliphatic heterocycles. The van der Waals surface area contributed by atoms with Crippen LogP contribution in [0.3, 0.4) is 0 Å². The van der Waals surface area contributed by atoms with Crippen molar-refractivity contribution >= 4 is 0 Å². The van der Waals surface area contributed by atoms with Crippen molar-refractivity contribution in [1.82, 2.24) is 5.32 Å². The van der Waals surface area contributed by atoms with Crippen molar-refractivity contribution in [1.29, 1.82) is 0 Å². The fourth-order valence-corrected chi connectivity index (χ4v) is 2.31. The Balaban J connectivity index is 1.81. The predicted molar refractivity (Wildman–Crippen MR) is 85.6 cm³/mol. The highest BCUT2D eigenvalue weighted by molar-refractivity contribution is 5.29. The maximum atomic E-state index is 5.24. The molecular weight excluding hydrogens is 262 g/mol. The number of hydrogen-bond acceptors (Lipinski definition) is 3. The number of rotatable bonds is 8. The van der Waals surface area contributed by atoms with Crippen molar-refractivity contribution in [3.63, 3.8) is 0 Å². The fourth-order valence-electron chi connectivity index (χ4n) is 2.31. The minimum Gasteiger partial charge on any atom is -0.497 e. The van der Waals surface area contributed by atoms with Crippen molar-refractivity contribution < 1.29 is 9.47 Å². The molecule has 112 valence electrons. The third-order valence-corrected chi connectivity index (χ3v) is 3.46. The molecule has 2 aromatic carbocycles. The highest BCUT2D eigenvalue weighted by atomic mass is 16.5. The lowest BCUT2D eigenvalue weighted by molar-refractivity contribution is 0.184. The molecule has 1 N–H and O–H groups in total. The van der Waals surface area contributed by atoms with Gasteiger partial charge in [0.1, 0.15) is 5.75 Å². The third-order valence-electron chi connectivity index (χ3n) is 3.46. The van der Waals surface area contributed by atoms with E-state index in [1.165, 1.54) is 16.7 Å². The van der Waals surface area contributed by atoms with Gasteiger partial charge in [0.05, 0.1) is 13.7 Å². The zero-order valence-corrected chi connectivity index (χ0v) is 12.8. The van der Waals surface area contributed by atoms with Gasteiger partial charge >= 0.3 is 0 Å². The minimum atomic E-state index is 0.660. The van der Waals surface area contributed by atoms with Crippen LogP contribution in [0.4, 0.5) is 0 Å². The first-order chi connectivity index (χ1) is 10.3. The van der Waals surface area contributed by atoms with Crippen LogP contribution in [0.2, 0.25) is 0 Å². The van der Waals surface area contributed by atoms with Crippen LogP contribution in [-0.2, 0) is 24.3 Å². The molecule has 0 aliphatic rings. The van der Waals surface area contributed by atoms with E-state index < -0.39 is 0 Å². The highest BCUT2D eigenvalue weighted by Gasteiger charge is 2.01. The molecule has 3 heteroatoms. The standard InChI is InChI=1S/C18H23NO2/c1-20-14-17-8-4-3-7-16(17)13-19-11-10-15-6-5-9-18(12-15)21-2/h3-9,12,19H,10-11,13-14H2,1-2H3. The van der Waals surface area contributed by atoms with Gasteiger partial charge in [0.2, 0.25) is 0 Å². The summed E-state index contributed by atoms with van der Waals surface area (Å²) in [5.41, 5.74) is 3.82. The average molecular weight is 285 g/mol. The molecule has 3 nitrogen and oxygen atoms in total. The predicted octanol–water partition coefficient (Wildman–Crippen LogP) is 3.17. The molecule has 0 unspecified atom stereocenters. The molecule has 0 saturated heterocycles. The van der Waals surface area contributed by atoms with E-state index in [1.54, 1.807) is 14.2 Å². The monoisotopic (exact) mass is 285 g/mol. The summed E-state index contributed by atoms with van der Waals surface area (Å²) in [6.07, 6.45) is 0.990. The lowest BCUT2D eigenvalue weighted by Gasteiger charge is -2.10. The Morgan fingerprint density at radius 1 is 0.952 bits per heavy atom. The van der Waals surface area contributed by atoms with Crippen LogP contribution in [0.1, 0.15) is 16.7 Å². The van der Waals surface area contributed by atoms with Crippen LogP contribution in [0.25, 0.3) is 0 Å². The Bertz CT molecular complexity index is 554. The summed E-state index contributed by atoms with van der Waals surface area (Å²) in [7, 11) is 3.43. The van der Waals surface area contributed by atoms with Crippen molar-refractivity contribution in [2.24, 2.45) is 0 Å². The van der Waals surface area contributed by atoms with E-state index in [0.717, 1.165) is 25.3 Å². The second-order valence-electron chi connectivity index (χ2n) is 4.98. The average Bonchev–Trinajstić information content (AvgIpc) is 2.53. The number of ether oxygens (including phenoxy) is 2. The molecule has 2 aromatic rings. The first kappa shape index (κ1) is 15.5. The van der Waals surface area contributed by atoms with Crippen molar-refractivity contribution in [2.75, 3.05) is 20.8 Å². The molecule has 0 amide bonds. The maximum absolute atomic E-state index is 5.24. The van der Waals surface area contributed by atoms with Crippen LogP contribution in [0.5, 0.6) is 5.75 Å². The zero-order valence-electron chi connectivity index (χ0n) is 12.8. The van der Waals surface area contributed by atoms with Gasteiger partial charge in [-0.15, -0.1) is 0 Å². The van der Waals surface area contributed by atoms with Gasteiger partial charge in [-0.1, -0.05) is 36.4 Å². The molecule has 0 aliphatic carbocycles. The molecule has 0 aromatic heterocycles. The first-order valence-electron chi connectivity index (χ1n) is 7.23. The van der Waals surface area contributed by atoms with Crippen LogP contribution < -0.4 is 10.1 Å². The van der Waals surface area contributed by atoms with Crippen LogP contribution in [0.15, 0.2) is 48.5 Å². The smallest absolute Gasteiger partial charge is 0.119 e. The molecular formula is C18H23NO2. The van der Waals surface area contributed by atoms with Crippen molar-refractivity contribution in [3.05, 3.63) is 65.2 Å². The second kappa shape index (κ2) is 8.45. The van der Waals surface area contributed by atoms with Gasteiger partial charge in [0.25, 0.3) is 0 Å². The van der Waals surface area contributed by atoms with Gasteiger partial charge in [-0.2, -0.15) is 0 Å². The fraction of sp³-hybridized carbons (Fsp3) is 0.333. The molecule has 0 bridgehead atoms. The van der Waals surface area contributed by atoms with E-state index in [2.05, 4.69) is 35.6 Å². The largest absolute Gasteiger partial charge is 0.497 e. The maximum Gasteiger partial charge on any atom is 0.119 e. The van der Waals surface area contributed by atoms with Crippen LogP contribution >= 0.6 is 0 Å². The molecule has 0 spiro atoms. The van der Waals surface area contributed by atoms with E-state index in [-0.39, 0.29) is 0 Å². The number of nitrogens with one attached hydrogen (secondary N) is 1. The summed E-state index contributed by atoms with van der Waals surface area (Å²) < 4.78 is 10.5. The Morgan fingerprint density at radius 3 is 2.52 bits per heavy atom. The normalized spacial score (nSPS) is 10.6. The summed E-state index contributed by atoms with van der Waals surface area (Å²) in [6, 6.07) is 16.6. The van der Waals surface area contributed by atoms with Gasteiger partial charge in [-0.25, -0.2) is 0 Å². The Morgan fingerprint density at radius 2 is 1.76 bits per heavy atom. The summed E-state index contributed by atoms with van der Waals surface area (Å²) >= 11 is 0. The molecule has 0 radical (unpaired) electrons. The SMILES string of the molecule is COCc1ccccc1CNCCc1cccc(OC)c1. The number of methoxy groups -OCH3 is 2. The van der Waals surface area contributed by atoms with Gasteiger partial charge in [-0.05, 0) is 41.8 Å². The van der Waals surface area contributed by atoms with Gasteiger partial charge in [-0.3, -0.25) is 0 Å². The topological polar surface area (TPSA) is 30.5 Å². The molecule has 0 saturated carbocycles. The van der Waals surface area contributed by atoms with Crippen molar-refractivity contribution in [3.8, 4) is 5.75 Å². The molecule has 0 fully saturated rings. The molecule has 21 heavy (non-hydrogen) atoms. The first-order valence-corrected chi connectivity index (χ1v) is 7.23. The minimum absolute atomic E-state index is 0.660. The summed E-state index contributed by atoms with van der Waals surface area (Å²) in [4.78, 5) is 0. The summed E-state index contributed by atoms with van der Waals surface area (Å²) in [5.74, 6) is 0.915. The van der Waals surface area contributed by atoms with Crippen LogP contribution in [-0.4, -0.2) is 20.8 Å². The van der Waals surface area contributed by atoms with E-state index in [0.29, 0.717) is 6.61 Å². The second-order valence-corrected chi connectivity index (χ2v) is 4.98. The van der Waals surface area contributed by atoms with Gasteiger partial charge < -0.3 is 14.8 Å². The van der Waals surface area contributed by atoms with E-state index in [1.807, 2.05) is 18.2 Å². The van der Waals surface area contributed by atoms with Crippen LogP contribution in [0, 0.1) is 0 Å². The molecule has 0 atom stereocenters. The van der Waals surface area contributed by atoms with Gasteiger partial charge in [0.15, 0.2) is 0 Å². The Hall–Kier alpha value is -1.84. The lowest BCUT2D eigenvalue weighted by Crippen LogP contribution is -2.17. The Kier molecular flexibility index (Phi) is 6.25. The van der Waals surface area contributed by atoms with E-state index >= 15 is 0 Å². The van der Waals surface area contributed by atoms with E-state index in [9.17, 15) is 0 Å². The zero-order chi connectivity index (χ0) is 14.9. The van der Waals surface area contributed by atoms with Gasteiger partial charge in [0, 0.05) is 13.7 Å². The third kappa shape index (κ3) is 4.88. The lowest BCUT2D eigenvalue weighted by atomic mass is 10.1. The Labute approximate surface area is 126 Å². The quantitative estimate of drug-likeness (QED) is 0.756. The highest BCUT2D eigenvalue weighted by Crippen LogP contribution is 2.13.